The van der Waals surface area contributed by atoms with Crippen molar-refractivity contribution in [1.82, 2.24) is 18.7 Å². The second-order valence-electron chi connectivity index (χ2n) is 7.36. The van der Waals surface area contributed by atoms with Crippen LogP contribution in [-0.2, 0) is 25.4 Å². The van der Waals surface area contributed by atoms with Gasteiger partial charge in [-0.2, -0.15) is 0 Å². The third-order valence-corrected chi connectivity index (χ3v) is 6.24. The normalized spacial score (nSPS) is 11.2. The first-order chi connectivity index (χ1) is 14.3. The maximum absolute atomic E-state index is 12.7. The molecule has 2 heterocycles. The number of hydrogen-bond acceptors (Lipinski definition) is 5. The lowest BCUT2D eigenvalue weighted by Crippen LogP contribution is -2.37. The molecule has 0 radical (unpaired) electrons. The summed E-state index contributed by atoms with van der Waals surface area (Å²) in [5.41, 5.74) is 2.88. The summed E-state index contributed by atoms with van der Waals surface area (Å²) in [6.45, 7) is 6.64. The van der Waals surface area contributed by atoms with Crippen LogP contribution in [0.3, 0.4) is 0 Å². The van der Waals surface area contributed by atoms with E-state index in [1.165, 1.54) is 23.4 Å². The maximum Gasteiger partial charge on any atom is 0.332 e. The molecule has 1 aromatic carbocycles. The lowest BCUT2D eigenvalue weighted by Gasteiger charge is -2.11. The van der Waals surface area contributed by atoms with Gasteiger partial charge in [-0.05, 0) is 37.5 Å². The van der Waals surface area contributed by atoms with E-state index in [4.69, 9.17) is 0 Å². The van der Waals surface area contributed by atoms with Gasteiger partial charge in [0.05, 0.1) is 5.75 Å². The van der Waals surface area contributed by atoms with Gasteiger partial charge in [0.15, 0.2) is 16.3 Å². The van der Waals surface area contributed by atoms with Crippen molar-refractivity contribution in [1.29, 1.82) is 0 Å². The van der Waals surface area contributed by atoms with Crippen molar-refractivity contribution in [2.45, 2.75) is 45.3 Å². The molecular formula is C21H27N5O3S. The van der Waals surface area contributed by atoms with Crippen LogP contribution in [0.25, 0.3) is 11.2 Å². The Morgan fingerprint density at radius 2 is 1.90 bits per heavy atom. The van der Waals surface area contributed by atoms with Crippen molar-refractivity contribution in [2.24, 2.45) is 14.1 Å². The van der Waals surface area contributed by atoms with Crippen molar-refractivity contribution in [3.05, 3.63) is 50.2 Å². The number of anilines is 1. The van der Waals surface area contributed by atoms with Gasteiger partial charge >= 0.3 is 5.69 Å². The first kappa shape index (κ1) is 21.9. The highest BCUT2D eigenvalue weighted by molar-refractivity contribution is 7.99. The molecule has 0 fully saturated rings. The van der Waals surface area contributed by atoms with Gasteiger partial charge in [-0.3, -0.25) is 18.7 Å². The molecule has 30 heavy (non-hydrogen) atoms. The molecule has 160 valence electrons. The predicted molar refractivity (Wildman–Crippen MR) is 120 cm³/mol. The number of carbonyl (C=O) groups is 1. The van der Waals surface area contributed by atoms with Crippen LogP contribution in [0.5, 0.6) is 0 Å². The summed E-state index contributed by atoms with van der Waals surface area (Å²) in [5.74, 6) is 0.00136. The summed E-state index contributed by atoms with van der Waals surface area (Å²) in [6, 6.07) is 5.78. The number of imidazole rings is 1. The fraction of sp³-hybridized carbons (Fsp3) is 0.429. The number of unbranched alkanes of at least 4 members (excludes halogenated alkanes) is 1. The van der Waals surface area contributed by atoms with Crippen molar-refractivity contribution >= 4 is 34.5 Å². The van der Waals surface area contributed by atoms with Crippen LogP contribution in [-0.4, -0.2) is 30.3 Å². The Morgan fingerprint density at radius 3 is 2.60 bits per heavy atom. The van der Waals surface area contributed by atoms with Crippen LogP contribution in [0.1, 0.15) is 30.9 Å². The molecule has 8 nitrogen and oxygen atoms in total. The molecule has 0 spiro atoms. The molecule has 3 aromatic rings. The number of aryl methyl sites for hydroxylation is 3. The highest BCUT2D eigenvalue weighted by Gasteiger charge is 2.20. The molecule has 0 saturated carbocycles. The van der Waals surface area contributed by atoms with E-state index in [0.717, 1.165) is 34.2 Å². The van der Waals surface area contributed by atoms with E-state index in [2.05, 4.69) is 17.2 Å². The average molecular weight is 430 g/mol. The Morgan fingerprint density at radius 1 is 1.17 bits per heavy atom. The van der Waals surface area contributed by atoms with Crippen molar-refractivity contribution in [2.75, 3.05) is 11.1 Å². The monoisotopic (exact) mass is 429 g/mol. The predicted octanol–water partition coefficient (Wildman–Crippen LogP) is 2.58. The van der Waals surface area contributed by atoms with Gasteiger partial charge in [0.1, 0.15) is 0 Å². The standard InChI is InChI=1S/C21H27N5O3S/c1-6-7-11-26-17-18(24(4)21(29)25(5)19(17)28)23-20(26)30-12-16(27)22-15-10-8-9-13(2)14(15)3/h8-10H,6-7,11-12H2,1-5H3,(H,22,27). The van der Waals surface area contributed by atoms with Gasteiger partial charge in [-0.15, -0.1) is 0 Å². The smallest absolute Gasteiger partial charge is 0.325 e. The average Bonchev–Trinajstić information content (AvgIpc) is 3.09. The summed E-state index contributed by atoms with van der Waals surface area (Å²) in [4.78, 5) is 42.1. The lowest BCUT2D eigenvalue weighted by molar-refractivity contribution is -0.113. The van der Waals surface area contributed by atoms with Gasteiger partial charge in [0.2, 0.25) is 5.91 Å². The number of carbonyl (C=O) groups excluding carboxylic acids is 1. The SMILES string of the molecule is CCCCn1c(SCC(=O)Nc2cccc(C)c2C)nc2c1c(=O)n(C)c(=O)n2C. The van der Waals surface area contributed by atoms with Crippen LogP contribution in [0.2, 0.25) is 0 Å². The van der Waals surface area contributed by atoms with Crippen LogP contribution >= 0.6 is 11.8 Å². The van der Waals surface area contributed by atoms with Gasteiger partial charge in [0, 0.05) is 26.3 Å². The quantitative estimate of drug-likeness (QED) is 0.583. The molecule has 9 heteroatoms. The topological polar surface area (TPSA) is 90.9 Å². The molecular weight excluding hydrogens is 402 g/mol. The van der Waals surface area contributed by atoms with E-state index in [0.29, 0.717) is 22.9 Å². The second-order valence-corrected chi connectivity index (χ2v) is 8.30. The lowest BCUT2D eigenvalue weighted by atomic mass is 10.1. The Balaban J connectivity index is 1.91. The molecule has 0 atom stereocenters. The van der Waals surface area contributed by atoms with Crippen LogP contribution in [0, 0.1) is 13.8 Å². The number of thioether (sulfide) groups is 1. The Labute approximate surface area is 178 Å². The molecule has 3 rings (SSSR count). The zero-order valence-corrected chi connectivity index (χ0v) is 18.8. The molecule has 0 bridgehead atoms. The first-order valence-electron chi connectivity index (χ1n) is 9.91. The van der Waals surface area contributed by atoms with E-state index >= 15 is 0 Å². The Bertz CT molecular complexity index is 1220. The minimum absolute atomic E-state index is 0.149. The highest BCUT2D eigenvalue weighted by Crippen LogP contribution is 2.23. The maximum atomic E-state index is 12.7. The summed E-state index contributed by atoms with van der Waals surface area (Å²) < 4.78 is 4.30. The molecule has 0 aliphatic rings. The first-order valence-corrected chi connectivity index (χ1v) is 10.9. The van der Waals surface area contributed by atoms with Gasteiger partial charge in [0.25, 0.3) is 5.56 Å². The number of hydrogen-bond donors (Lipinski definition) is 1. The number of rotatable bonds is 7. The molecule has 1 N–H and O–H groups in total. The molecule has 1 amide bonds. The van der Waals surface area contributed by atoms with E-state index < -0.39 is 5.69 Å². The van der Waals surface area contributed by atoms with Crippen molar-refractivity contribution < 1.29 is 4.79 Å². The van der Waals surface area contributed by atoms with Crippen LogP contribution in [0.4, 0.5) is 5.69 Å². The minimum Gasteiger partial charge on any atom is -0.325 e. The Kier molecular flexibility index (Phi) is 6.50. The largest absolute Gasteiger partial charge is 0.332 e. The van der Waals surface area contributed by atoms with Crippen LogP contribution in [0.15, 0.2) is 32.9 Å². The fourth-order valence-electron chi connectivity index (χ4n) is 3.26. The molecule has 0 aliphatic heterocycles. The number of fused-ring (bicyclic) bond motifs is 1. The number of benzene rings is 1. The molecule has 0 saturated heterocycles. The van der Waals surface area contributed by atoms with Crippen molar-refractivity contribution in [3.8, 4) is 0 Å². The van der Waals surface area contributed by atoms with Crippen LogP contribution < -0.4 is 16.6 Å². The zero-order valence-electron chi connectivity index (χ0n) is 18.0. The second kappa shape index (κ2) is 8.91. The van der Waals surface area contributed by atoms with E-state index in [-0.39, 0.29) is 17.2 Å². The highest BCUT2D eigenvalue weighted by atomic mass is 32.2. The number of aromatic nitrogens is 4. The minimum atomic E-state index is -0.420. The summed E-state index contributed by atoms with van der Waals surface area (Å²) in [5, 5.41) is 3.50. The van der Waals surface area contributed by atoms with Gasteiger partial charge in [-0.1, -0.05) is 37.2 Å². The summed E-state index contributed by atoms with van der Waals surface area (Å²) in [6.07, 6.45) is 1.81. The van der Waals surface area contributed by atoms with E-state index in [1.54, 1.807) is 7.05 Å². The summed E-state index contributed by atoms with van der Waals surface area (Å²) in [7, 11) is 3.06. The van der Waals surface area contributed by atoms with Gasteiger partial charge in [-0.25, -0.2) is 9.78 Å². The van der Waals surface area contributed by atoms with Gasteiger partial charge < -0.3 is 9.88 Å². The van der Waals surface area contributed by atoms with Crippen molar-refractivity contribution in [3.63, 3.8) is 0 Å². The number of nitrogens with one attached hydrogen (secondary N) is 1. The number of amides is 1. The Hall–Kier alpha value is -2.81. The van der Waals surface area contributed by atoms with E-state index in [1.807, 2.05) is 36.6 Å². The fourth-order valence-corrected chi connectivity index (χ4v) is 4.09. The molecule has 0 unspecified atom stereocenters. The molecule has 0 aliphatic carbocycles. The van der Waals surface area contributed by atoms with E-state index in [9.17, 15) is 14.4 Å². The summed E-state index contributed by atoms with van der Waals surface area (Å²) >= 11 is 1.27. The third kappa shape index (κ3) is 4.07. The zero-order chi connectivity index (χ0) is 22.0. The number of nitrogens with zero attached hydrogens (tertiary/aromatic N) is 4. The molecule has 2 aromatic heterocycles. The third-order valence-electron chi connectivity index (χ3n) is 5.26.